The molecule has 144 valence electrons. The summed E-state index contributed by atoms with van der Waals surface area (Å²) < 4.78 is 5.33. The lowest BCUT2D eigenvalue weighted by atomic mass is 10.2. The first-order valence-corrected chi connectivity index (χ1v) is 8.92. The normalized spacial score (nSPS) is 10.9. The molecule has 0 heterocycles. The van der Waals surface area contributed by atoms with Gasteiger partial charge in [0.25, 0.3) is 0 Å². The van der Waals surface area contributed by atoms with E-state index in [-0.39, 0.29) is 12.6 Å². The van der Waals surface area contributed by atoms with E-state index >= 15 is 0 Å². The summed E-state index contributed by atoms with van der Waals surface area (Å²) >= 11 is 0. The monoisotopic (exact) mass is 369 g/mol. The highest BCUT2D eigenvalue weighted by Crippen LogP contribution is 2.08. The van der Waals surface area contributed by atoms with E-state index < -0.39 is 11.6 Å². The maximum atomic E-state index is 12.6. The minimum absolute atomic E-state index is 0.190. The van der Waals surface area contributed by atoms with Crippen molar-refractivity contribution >= 4 is 12.0 Å². The molecule has 2 amide bonds. The third-order valence-electron chi connectivity index (χ3n) is 3.56. The van der Waals surface area contributed by atoms with Crippen molar-refractivity contribution < 1.29 is 14.3 Å². The molecule has 0 aliphatic carbocycles. The molecule has 27 heavy (non-hydrogen) atoms. The third kappa shape index (κ3) is 7.92. The van der Waals surface area contributed by atoms with Gasteiger partial charge < -0.3 is 10.1 Å². The molecule has 0 aliphatic heterocycles. The summed E-state index contributed by atoms with van der Waals surface area (Å²) in [5.74, 6) is -0.474. The van der Waals surface area contributed by atoms with Gasteiger partial charge in [0, 0.05) is 13.1 Å². The fraction of sp³-hybridized carbons (Fsp3) is 0.333. The summed E-state index contributed by atoms with van der Waals surface area (Å²) in [5.41, 5.74) is 4.38. The first-order chi connectivity index (χ1) is 12.8. The van der Waals surface area contributed by atoms with E-state index in [1.54, 1.807) is 20.8 Å². The van der Waals surface area contributed by atoms with Gasteiger partial charge in [0.2, 0.25) is 0 Å². The Morgan fingerprint density at radius 2 is 1.41 bits per heavy atom. The van der Waals surface area contributed by atoms with Gasteiger partial charge in [0.15, 0.2) is 0 Å². The van der Waals surface area contributed by atoms with Crippen LogP contribution in [0.4, 0.5) is 4.79 Å². The SMILES string of the molecule is CC(C)(C)OC(=O)CN(NCc1ccccc1)C(=O)NCc1ccccc1. The van der Waals surface area contributed by atoms with Crippen molar-refractivity contribution in [2.24, 2.45) is 0 Å². The molecule has 2 rings (SSSR count). The Bertz CT molecular complexity index is 727. The number of urea groups is 1. The quantitative estimate of drug-likeness (QED) is 0.581. The summed E-state index contributed by atoms with van der Waals surface area (Å²) in [4.78, 5) is 24.8. The molecule has 0 fully saturated rings. The van der Waals surface area contributed by atoms with Crippen molar-refractivity contribution in [2.75, 3.05) is 6.54 Å². The molecule has 0 unspecified atom stereocenters. The Labute approximate surface area is 160 Å². The molecule has 0 saturated heterocycles. The molecular formula is C21H27N3O3. The van der Waals surface area contributed by atoms with Gasteiger partial charge in [-0.05, 0) is 31.9 Å². The van der Waals surface area contributed by atoms with Gasteiger partial charge in [-0.1, -0.05) is 60.7 Å². The first-order valence-electron chi connectivity index (χ1n) is 8.92. The number of ether oxygens (including phenoxy) is 1. The number of rotatable bonds is 7. The number of nitrogens with zero attached hydrogens (tertiary/aromatic N) is 1. The molecule has 0 bridgehead atoms. The number of benzene rings is 2. The maximum absolute atomic E-state index is 12.6. The number of carbonyl (C=O) groups excluding carboxylic acids is 2. The van der Waals surface area contributed by atoms with E-state index in [0.717, 1.165) is 11.1 Å². The van der Waals surface area contributed by atoms with E-state index in [0.29, 0.717) is 13.1 Å². The molecule has 0 saturated carbocycles. The topological polar surface area (TPSA) is 70.7 Å². The fourth-order valence-electron chi connectivity index (χ4n) is 2.35. The number of hydrogen-bond donors (Lipinski definition) is 2. The molecule has 0 aliphatic rings. The van der Waals surface area contributed by atoms with Gasteiger partial charge >= 0.3 is 12.0 Å². The van der Waals surface area contributed by atoms with E-state index in [1.807, 2.05) is 60.7 Å². The molecular weight excluding hydrogens is 342 g/mol. The third-order valence-corrected chi connectivity index (χ3v) is 3.56. The Hall–Kier alpha value is -2.86. The number of nitrogens with one attached hydrogen (secondary N) is 2. The lowest BCUT2D eigenvalue weighted by Gasteiger charge is -2.26. The Morgan fingerprint density at radius 3 is 1.93 bits per heavy atom. The molecule has 0 aromatic heterocycles. The smallest absolute Gasteiger partial charge is 0.332 e. The van der Waals surface area contributed by atoms with Crippen molar-refractivity contribution in [3.63, 3.8) is 0 Å². The van der Waals surface area contributed by atoms with Gasteiger partial charge in [-0.2, -0.15) is 0 Å². The van der Waals surface area contributed by atoms with Crippen molar-refractivity contribution in [1.29, 1.82) is 0 Å². The van der Waals surface area contributed by atoms with E-state index in [1.165, 1.54) is 5.01 Å². The molecule has 0 radical (unpaired) electrons. The standard InChI is InChI=1S/C21H27N3O3/c1-21(2,3)27-19(25)16-24(23-15-18-12-8-5-9-13-18)20(26)22-14-17-10-6-4-7-11-17/h4-13,23H,14-16H2,1-3H3,(H,22,26). The zero-order chi connectivity index (χ0) is 19.7. The number of carbonyl (C=O) groups is 2. The average Bonchev–Trinajstić information content (AvgIpc) is 2.63. The number of amides is 2. The summed E-state index contributed by atoms with van der Waals surface area (Å²) in [5, 5.41) is 4.07. The second-order valence-corrected chi connectivity index (χ2v) is 7.14. The lowest BCUT2D eigenvalue weighted by molar-refractivity contribution is -0.156. The van der Waals surface area contributed by atoms with Crippen LogP contribution in [0.2, 0.25) is 0 Å². The predicted octanol–water partition coefficient (Wildman–Crippen LogP) is 3.24. The van der Waals surface area contributed by atoms with Crippen LogP contribution < -0.4 is 10.7 Å². The average molecular weight is 369 g/mol. The van der Waals surface area contributed by atoms with Gasteiger partial charge in [0.05, 0.1) is 0 Å². The Balaban J connectivity index is 1.98. The highest BCUT2D eigenvalue weighted by Gasteiger charge is 2.22. The number of hydrazine groups is 1. The van der Waals surface area contributed by atoms with E-state index in [4.69, 9.17) is 4.74 Å². The Kier molecular flexibility index (Phi) is 7.37. The molecule has 0 atom stereocenters. The van der Waals surface area contributed by atoms with Crippen LogP contribution in [0.15, 0.2) is 60.7 Å². The van der Waals surface area contributed by atoms with E-state index in [2.05, 4.69) is 10.7 Å². The summed E-state index contributed by atoms with van der Waals surface area (Å²) in [6, 6.07) is 18.9. The largest absolute Gasteiger partial charge is 0.459 e. The van der Waals surface area contributed by atoms with Crippen LogP contribution in [0, 0.1) is 0 Å². The van der Waals surface area contributed by atoms with Crippen molar-refractivity contribution in [2.45, 2.75) is 39.5 Å². The zero-order valence-corrected chi connectivity index (χ0v) is 16.1. The lowest BCUT2D eigenvalue weighted by Crippen LogP contribution is -2.50. The summed E-state index contributed by atoms with van der Waals surface area (Å²) in [6.45, 7) is 5.98. The predicted molar refractivity (Wildman–Crippen MR) is 105 cm³/mol. The van der Waals surface area contributed by atoms with Crippen LogP contribution in [0.1, 0.15) is 31.9 Å². The van der Waals surface area contributed by atoms with Crippen LogP contribution in [0.25, 0.3) is 0 Å². The molecule has 2 aromatic carbocycles. The Morgan fingerprint density at radius 1 is 0.889 bits per heavy atom. The molecule has 2 N–H and O–H groups in total. The van der Waals surface area contributed by atoms with Crippen LogP contribution >= 0.6 is 0 Å². The number of hydrogen-bond acceptors (Lipinski definition) is 4. The highest BCUT2D eigenvalue weighted by molar-refractivity contribution is 5.80. The summed E-state index contributed by atoms with van der Waals surface area (Å²) in [6.07, 6.45) is 0. The van der Waals surface area contributed by atoms with Gasteiger partial charge in [-0.25, -0.2) is 15.2 Å². The fourth-order valence-corrected chi connectivity index (χ4v) is 2.35. The molecule has 6 nitrogen and oxygen atoms in total. The van der Waals surface area contributed by atoms with Crippen LogP contribution in [-0.2, 0) is 22.6 Å². The van der Waals surface area contributed by atoms with Gasteiger partial charge in [0.1, 0.15) is 12.1 Å². The second-order valence-electron chi connectivity index (χ2n) is 7.14. The molecule has 6 heteroatoms. The maximum Gasteiger partial charge on any atom is 0.332 e. The van der Waals surface area contributed by atoms with Gasteiger partial charge in [-0.15, -0.1) is 0 Å². The van der Waals surface area contributed by atoms with Gasteiger partial charge in [-0.3, -0.25) is 4.79 Å². The van der Waals surface area contributed by atoms with Crippen LogP contribution in [0.3, 0.4) is 0 Å². The second kappa shape index (κ2) is 9.73. The first kappa shape index (κ1) is 20.5. The van der Waals surface area contributed by atoms with E-state index in [9.17, 15) is 9.59 Å². The molecule has 2 aromatic rings. The van der Waals surface area contributed by atoms with Crippen molar-refractivity contribution in [3.05, 3.63) is 71.8 Å². The van der Waals surface area contributed by atoms with Crippen LogP contribution in [0.5, 0.6) is 0 Å². The van der Waals surface area contributed by atoms with Crippen LogP contribution in [-0.4, -0.2) is 29.2 Å². The minimum atomic E-state index is -0.608. The molecule has 0 spiro atoms. The van der Waals surface area contributed by atoms with Crippen molar-refractivity contribution in [3.8, 4) is 0 Å². The summed E-state index contributed by atoms with van der Waals surface area (Å²) in [7, 11) is 0. The minimum Gasteiger partial charge on any atom is -0.459 e. The zero-order valence-electron chi connectivity index (χ0n) is 16.1. The highest BCUT2D eigenvalue weighted by atomic mass is 16.6. The van der Waals surface area contributed by atoms with Crippen molar-refractivity contribution in [1.82, 2.24) is 15.8 Å². The number of esters is 1.